The smallest absolute Gasteiger partial charge is 0.335 e. The first-order valence-electron chi connectivity index (χ1n) is 5.19. The quantitative estimate of drug-likeness (QED) is 0.934. The monoisotopic (exact) mass is 281 g/mol. The van der Waals surface area contributed by atoms with Gasteiger partial charge in [-0.1, -0.05) is 0 Å². The molecule has 0 spiro atoms. The fourth-order valence-electron chi connectivity index (χ4n) is 1.44. The lowest BCUT2D eigenvalue weighted by Crippen LogP contribution is -1.99. The van der Waals surface area contributed by atoms with E-state index in [2.05, 4.69) is 4.98 Å². The highest BCUT2D eigenvalue weighted by Gasteiger charge is 2.09. The third-order valence-electron chi connectivity index (χ3n) is 2.31. The van der Waals surface area contributed by atoms with Gasteiger partial charge in [-0.15, -0.1) is 11.3 Å². The molecule has 6 heteroatoms. The summed E-state index contributed by atoms with van der Waals surface area (Å²) in [5.41, 5.74) is 0.999. The number of benzene rings is 1. The van der Waals surface area contributed by atoms with Crippen LogP contribution in [0.1, 0.15) is 21.1 Å². The number of rotatable bonds is 4. The number of aromatic nitrogens is 1. The first-order chi connectivity index (χ1) is 8.56. The summed E-state index contributed by atoms with van der Waals surface area (Å²) >= 11 is 1.52. The molecular weight excluding hydrogens is 270 g/mol. The lowest BCUT2D eigenvalue weighted by Gasteiger charge is -2.01. The van der Waals surface area contributed by atoms with Crippen molar-refractivity contribution >= 4 is 28.1 Å². The van der Waals surface area contributed by atoms with Crippen molar-refractivity contribution in [3.63, 3.8) is 0 Å². The average Bonchev–Trinajstić information content (AvgIpc) is 2.75. The second-order valence-corrected chi connectivity index (χ2v) is 6.19. The van der Waals surface area contributed by atoms with Crippen molar-refractivity contribution in [2.75, 3.05) is 0 Å². The predicted molar refractivity (Wildman–Crippen MR) is 70.4 cm³/mol. The van der Waals surface area contributed by atoms with Crippen LogP contribution in [0.3, 0.4) is 0 Å². The minimum Gasteiger partial charge on any atom is -0.478 e. The van der Waals surface area contributed by atoms with Gasteiger partial charge >= 0.3 is 5.97 Å². The average molecular weight is 281 g/mol. The third-order valence-corrected chi connectivity index (χ3v) is 4.49. The Hall–Kier alpha value is -1.53. The Morgan fingerprint density at radius 1 is 1.39 bits per heavy atom. The second-order valence-electron chi connectivity index (χ2n) is 3.68. The molecule has 0 saturated heterocycles. The van der Waals surface area contributed by atoms with E-state index in [0.717, 1.165) is 10.7 Å². The number of carboxylic acid groups (broad SMARTS) is 1. The standard InChI is InChI=1S/C12H11NO3S2/c1-8-13-10(6-17-8)7-18(16)11-4-2-9(3-5-11)12(14)15/h2-6H,7H2,1H3,(H,14,15). The number of aryl methyl sites for hydroxylation is 1. The van der Waals surface area contributed by atoms with Crippen molar-refractivity contribution in [1.29, 1.82) is 0 Å². The van der Waals surface area contributed by atoms with Gasteiger partial charge in [0.2, 0.25) is 0 Å². The molecule has 0 aliphatic heterocycles. The van der Waals surface area contributed by atoms with E-state index >= 15 is 0 Å². The zero-order valence-corrected chi connectivity index (χ0v) is 11.3. The summed E-state index contributed by atoms with van der Waals surface area (Å²) in [6.07, 6.45) is 0. The van der Waals surface area contributed by atoms with Crippen LogP contribution in [0.2, 0.25) is 0 Å². The SMILES string of the molecule is Cc1nc(CS(=O)c2ccc(C(=O)O)cc2)cs1. The minimum absolute atomic E-state index is 0.195. The van der Waals surface area contributed by atoms with E-state index in [1.54, 1.807) is 12.1 Å². The van der Waals surface area contributed by atoms with E-state index in [0.29, 0.717) is 10.6 Å². The highest BCUT2D eigenvalue weighted by molar-refractivity contribution is 7.84. The van der Waals surface area contributed by atoms with Gasteiger partial charge in [-0.2, -0.15) is 0 Å². The molecule has 0 fully saturated rings. The number of carbonyl (C=O) groups is 1. The fourth-order valence-corrected chi connectivity index (χ4v) is 3.18. The first-order valence-corrected chi connectivity index (χ1v) is 7.39. The predicted octanol–water partition coefficient (Wildman–Crippen LogP) is 2.46. The molecule has 1 aromatic heterocycles. The fraction of sp³-hybridized carbons (Fsp3) is 0.167. The molecule has 1 unspecified atom stereocenters. The maximum atomic E-state index is 12.0. The zero-order valence-electron chi connectivity index (χ0n) is 9.62. The van der Waals surface area contributed by atoms with Crippen LogP contribution in [-0.2, 0) is 16.6 Å². The Balaban J connectivity index is 2.11. The summed E-state index contributed by atoms with van der Waals surface area (Å²) in [6.45, 7) is 1.90. The molecule has 0 bridgehead atoms. The van der Waals surface area contributed by atoms with Gasteiger partial charge in [0.15, 0.2) is 0 Å². The van der Waals surface area contributed by atoms with Crippen LogP contribution in [0.25, 0.3) is 0 Å². The Bertz CT molecular complexity index is 590. The van der Waals surface area contributed by atoms with Crippen molar-refractivity contribution in [1.82, 2.24) is 4.98 Å². The largest absolute Gasteiger partial charge is 0.478 e. The Morgan fingerprint density at radius 2 is 2.06 bits per heavy atom. The Kier molecular flexibility index (Phi) is 3.88. The topological polar surface area (TPSA) is 67.3 Å². The van der Waals surface area contributed by atoms with Crippen LogP contribution < -0.4 is 0 Å². The number of aromatic carboxylic acids is 1. The lowest BCUT2D eigenvalue weighted by molar-refractivity contribution is 0.0697. The van der Waals surface area contributed by atoms with Gasteiger partial charge in [-0.05, 0) is 31.2 Å². The number of thiazole rings is 1. The molecule has 1 atom stereocenters. The van der Waals surface area contributed by atoms with Crippen LogP contribution >= 0.6 is 11.3 Å². The van der Waals surface area contributed by atoms with E-state index in [4.69, 9.17) is 5.11 Å². The molecule has 0 saturated carbocycles. The highest BCUT2D eigenvalue weighted by Crippen LogP contribution is 2.15. The van der Waals surface area contributed by atoms with Crippen molar-refractivity contribution in [2.45, 2.75) is 17.6 Å². The van der Waals surface area contributed by atoms with Crippen molar-refractivity contribution in [3.05, 3.63) is 45.9 Å². The normalized spacial score (nSPS) is 12.3. The van der Waals surface area contributed by atoms with Crippen LogP contribution in [0.5, 0.6) is 0 Å². The van der Waals surface area contributed by atoms with Gasteiger partial charge in [-0.3, -0.25) is 4.21 Å². The van der Waals surface area contributed by atoms with Crippen LogP contribution in [0, 0.1) is 6.92 Å². The van der Waals surface area contributed by atoms with Crippen LogP contribution in [0.4, 0.5) is 0 Å². The summed E-state index contributed by atoms with van der Waals surface area (Å²) in [4.78, 5) is 15.6. The molecule has 4 nitrogen and oxygen atoms in total. The Morgan fingerprint density at radius 3 is 2.56 bits per heavy atom. The molecule has 1 heterocycles. The van der Waals surface area contributed by atoms with E-state index in [-0.39, 0.29) is 5.56 Å². The second kappa shape index (κ2) is 5.41. The van der Waals surface area contributed by atoms with Crippen molar-refractivity contribution < 1.29 is 14.1 Å². The molecular formula is C12H11NO3S2. The van der Waals surface area contributed by atoms with Gasteiger partial charge in [0.05, 0.1) is 32.8 Å². The molecule has 0 radical (unpaired) electrons. The van der Waals surface area contributed by atoms with E-state index < -0.39 is 16.8 Å². The molecule has 1 N–H and O–H groups in total. The Labute approximate surface area is 111 Å². The summed E-state index contributed by atoms with van der Waals surface area (Å²) in [6, 6.07) is 6.08. The van der Waals surface area contributed by atoms with E-state index in [1.165, 1.54) is 23.5 Å². The molecule has 2 rings (SSSR count). The maximum Gasteiger partial charge on any atom is 0.335 e. The van der Waals surface area contributed by atoms with Crippen LogP contribution in [0.15, 0.2) is 34.5 Å². The summed E-state index contributed by atoms with van der Waals surface area (Å²) in [5.74, 6) is -0.626. The molecule has 94 valence electrons. The molecule has 0 aliphatic carbocycles. The van der Waals surface area contributed by atoms with Gasteiger partial charge in [0, 0.05) is 10.3 Å². The van der Waals surface area contributed by atoms with E-state index in [1.807, 2.05) is 12.3 Å². The summed E-state index contributed by atoms with van der Waals surface area (Å²) in [5, 5.41) is 11.6. The number of hydrogen-bond acceptors (Lipinski definition) is 4. The summed E-state index contributed by atoms with van der Waals surface area (Å²) in [7, 11) is -1.19. The van der Waals surface area contributed by atoms with E-state index in [9.17, 15) is 9.00 Å². The minimum atomic E-state index is -1.19. The molecule has 2 aromatic rings. The van der Waals surface area contributed by atoms with Crippen molar-refractivity contribution in [3.8, 4) is 0 Å². The highest BCUT2D eigenvalue weighted by atomic mass is 32.2. The number of carboxylic acids is 1. The van der Waals surface area contributed by atoms with Crippen molar-refractivity contribution in [2.24, 2.45) is 0 Å². The summed E-state index contributed by atoms with van der Waals surface area (Å²) < 4.78 is 12.0. The number of nitrogens with zero attached hydrogens (tertiary/aromatic N) is 1. The lowest BCUT2D eigenvalue weighted by atomic mass is 10.2. The van der Waals surface area contributed by atoms with Gasteiger partial charge in [-0.25, -0.2) is 9.78 Å². The molecule has 0 aliphatic rings. The maximum absolute atomic E-state index is 12.0. The first kappa shape index (κ1) is 12.9. The third kappa shape index (κ3) is 3.02. The zero-order chi connectivity index (χ0) is 13.1. The van der Waals surface area contributed by atoms with Gasteiger partial charge in [0.25, 0.3) is 0 Å². The molecule has 1 aromatic carbocycles. The molecule has 18 heavy (non-hydrogen) atoms. The molecule has 0 amide bonds. The number of hydrogen-bond donors (Lipinski definition) is 1. The van der Waals surface area contributed by atoms with Gasteiger partial charge in [0.1, 0.15) is 0 Å². The van der Waals surface area contributed by atoms with Gasteiger partial charge < -0.3 is 5.11 Å². The van der Waals surface area contributed by atoms with Crippen LogP contribution in [-0.4, -0.2) is 20.3 Å².